The van der Waals surface area contributed by atoms with Crippen LogP contribution in [-0.4, -0.2) is 44.7 Å². The minimum Gasteiger partial charge on any atom is -0.481 e. The molecule has 0 spiro atoms. The summed E-state index contributed by atoms with van der Waals surface area (Å²) in [6.45, 7) is 5.41. The largest absolute Gasteiger partial charge is 0.481 e. The zero-order valence-corrected chi connectivity index (χ0v) is 11.9. The molecule has 0 atom stereocenters. The molecule has 0 fully saturated rings. The van der Waals surface area contributed by atoms with Gasteiger partial charge in [0.05, 0.1) is 12.6 Å². The average molecular weight is 267 g/mol. The van der Waals surface area contributed by atoms with Crippen molar-refractivity contribution in [2.45, 2.75) is 45.6 Å². The third kappa shape index (κ3) is 4.08. The van der Waals surface area contributed by atoms with E-state index in [0.717, 1.165) is 11.3 Å². The summed E-state index contributed by atoms with van der Waals surface area (Å²) < 4.78 is 0. The topological polar surface area (TPSA) is 86.3 Å². The highest BCUT2D eigenvalue weighted by Gasteiger charge is 2.29. The van der Waals surface area contributed by atoms with Gasteiger partial charge in [0.25, 0.3) is 0 Å². The average Bonchev–Trinajstić information content (AvgIpc) is 2.69. The van der Waals surface area contributed by atoms with Crippen LogP contribution in [0.5, 0.6) is 0 Å². The fourth-order valence-corrected chi connectivity index (χ4v) is 1.86. The number of carboxylic acids is 1. The van der Waals surface area contributed by atoms with E-state index in [9.17, 15) is 9.59 Å². The number of nitrogens with one attached hydrogen (secondary N) is 1. The summed E-state index contributed by atoms with van der Waals surface area (Å²) in [4.78, 5) is 24.4. The maximum absolute atomic E-state index is 12.1. The van der Waals surface area contributed by atoms with Crippen molar-refractivity contribution >= 4 is 11.9 Å². The third-order valence-electron chi connectivity index (χ3n) is 3.41. The van der Waals surface area contributed by atoms with Crippen LogP contribution in [0, 0.1) is 6.92 Å². The van der Waals surface area contributed by atoms with Gasteiger partial charge in [0.15, 0.2) is 0 Å². The molecule has 1 aromatic rings. The van der Waals surface area contributed by atoms with Crippen molar-refractivity contribution in [1.82, 2.24) is 15.1 Å². The van der Waals surface area contributed by atoms with Crippen LogP contribution in [0.1, 0.15) is 37.9 Å². The van der Waals surface area contributed by atoms with E-state index in [1.165, 1.54) is 4.90 Å². The van der Waals surface area contributed by atoms with E-state index < -0.39 is 11.5 Å². The lowest BCUT2D eigenvalue weighted by molar-refractivity contribution is -0.143. The first-order valence-corrected chi connectivity index (χ1v) is 6.21. The van der Waals surface area contributed by atoms with Gasteiger partial charge in [0.1, 0.15) is 0 Å². The smallest absolute Gasteiger partial charge is 0.305 e. The maximum Gasteiger partial charge on any atom is 0.305 e. The summed E-state index contributed by atoms with van der Waals surface area (Å²) in [5.74, 6) is -0.970. The monoisotopic (exact) mass is 267 g/mol. The van der Waals surface area contributed by atoms with Crippen LogP contribution >= 0.6 is 0 Å². The first-order chi connectivity index (χ1) is 8.74. The van der Waals surface area contributed by atoms with E-state index in [2.05, 4.69) is 10.2 Å². The number of carbonyl (C=O) groups excluding carboxylic acids is 1. The van der Waals surface area contributed by atoms with E-state index in [0.29, 0.717) is 12.8 Å². The lowest BCUT2D eigenvalue weighted by Gasteiger charge is -2.34. The molecule has 1 amide bonds. The van der Waals surface area contributed by atoms with Gasteiger partial charge in [-0.2, -0.15) is 5.10 Å². The predicted octanol–water partition coefficient (Wildman–Crippen LogP) is 1.36. The number of H-pyrrole nitrogens is 1. The first kappa shape index (κ1) is 15.2. The molecule has 0 unspecified atom stereocenters. The number of aromatic amines is 1. The van der Waals surface area contributed by atoms with Crippen LogP contribution in [0.25, 0.3) is 0 Å². The number of rotatable bonds is 6. The normalized spacial score (nSPS) is 11.4. The summed E-state index contributed by atoms with van der Waals surface area (Å²) in [6.07, 6.45) is 2.60. The molecule has 0 bridgehead atoms. The fraction of sp³-hybridized carbons (Fsp3) is 0.615. The Morgan fingerprint density at radius 2 is 2.11 bits per heavy atom. The van der Waals surface area contributed by atoms with E-state index in [1.54, 1.807) is 27.1 Å². The number of carbonyl (C=O) groups is 2. The Morgan fingerprint density at radius 3 is 2.58 bits per heavy atom. The van der Waals surface area contributed by atoms with Crippen LogP contribution in [-0.2, 0) is 16.0 Å². The van der Waals surface area contributed by atoms with Crippen molar-refractivity contribution in [3.8, 4) is 0 Å². The first-order valence-electron chi connectivity index (χ1n) is 6.21. The summed E-state index contributed by atoms with van der Waals surface area (Å²) in [7, 11) is 1.65. The number of aromatic nitrogens is 2. The summed E-state index contributed by atoms with van der Waals surface area (Å²) >= 11 is 0. The number of nitrogens with zero attached hydrogens (tertiary/aromatic N) is 2. The third-order valence-corrected chi connectivity index (χ3v) is 3.41. The molecule has 0 aliphatic heterocycles. The molecule has 106 valence electrons. The minimum atomic E-state index is -0.907. The van der Waals surface area contributed by atoms with Crippen molar-refractivity contribution in [2.24, 2.45) is 0 Å². The fourth-order valence-electron chi connectivity index (χ4n) is 1.86. The van der Waals surface area contributed by atoms with E-state index in [-0.39, 0.29) is 12.3 Å². The molecular formula is C13H21N3O3. The standard InChI is InChI=1S/C13H21N3O3/c1-9-10(8-14-15-9)5-6-11(17)16(4)13(2,3)7-12(18)19/h8H,5-7H2,1-4H3,(H,14,15)(H,18,19). The number of amides is 1. The molecule has 0 saturated carbocycles. The number of aliphatic carboxylic acids is 1. The second-order valence-electron chi connectivity index (χ2n) is 5.36. The SMILES string of the molecule is Cc1[nH]ncc1CCC(=O)N(C)C(C)(C)CC(=O)O. The van der Waals surface area contributed by atoms with Crippen molar-refractivity contribution in [1.29, 1.82) is 0 Å². The highest BCUT2D eigenvalue weighted by Crippen LogP contribution is 2.19. The van der Waals surface area contributed by atoms with Gasteiger partial charge in [0.2, 0.25) is 5.91 Å². The predicted molar refractivity (Wildman–Crippen MR) is 70.7 cm³/mol. The zero-order chi connectivity index (χ0) is 14.6. The second kappa shape index (κ2) is 5.86. The molecule has 6 nitrogen and oxygen atoms in total. The molecule has 6 heteroatoms. The Morgan fingerprint density at radius 1 is 1.47 bits per heavy atom. The van der Waals surface area contributed by atoms with Crippen molar-refractivity contribution in [3.63, 3.8) is 0 Å². The Bertz CT molecular complexity index is 465. The van der Waals surface area contributed by atoms with Gasteiger partial charge in [-0.3, -0.25) is 14.7 Å². The summed E-state index contributed by atoms with van der Waals surface area (Å²) in [5, 5.41) is 15.6. The number of carboxylic acid groups (broad SMARTS) is 1. The van der Waals surface area contributed by atoms with E-state index >= 15 is 0 Å². The maximum atomic E-state index is 12.1. The van der Waals surface area contributed by atoms with Gasteiger partial charge >= 0.3 is 5.97 Å². The minimum absolute atomic E-state index is 0.0631. The van der Waals surface area contributed by atoms with Crippen molar-refractivity contribution < 1.29 is 14.7 Å². The number of hydrogen-bond donors (Lipinski definition) is 2. The highest BCUT2D eigenvalue weighted by atomic mass is 16.4. The lowest BCUT2D eigenvalue weighted by Crippen LogP contribution is -2.46. The molecule has 2 N–H and O–H groups in total. The zero-order valence-electron chi connectivity index (χ0n) is 11.9. The Labute approximate surface area is 112 Å². The molecule has 0 radical (unpaired) electrons. The molecule has 0 saturated heterocycles. The van der Waals surface area contributed by atoms with Crippen molar-refractivity contribution in [3.05, 3.63) is 17.5 Å². The molecule has 19 heavy (non-hydrogen) atoms. The van der Waals surface area contributed by atoms with Gasteiger partial charge in [-0.05, 0) is 32.8 Å². The van der Waals surface area contributed by atoms with Crippen LogP contribution in [0.2, 0.25) is 0 Å². The Balaban J connectivity index is 2.58. The summed E-state index contributed by atoms with van der Waals surface area (Å²) in [5.41, 5.74) is 1.28. The van der Waals surface area contributed by atoms with E-state index in [1.807, 2.05) is 6.92 Å². The van der Waals surface area contributed by atoms with Crippen LogP contribution in [0.15, 0.2) is 6.20 Å². The molecule has 1 aromatic heterocycles. The molecule has 1 heterocycles. The van der Waals surface area contributed by atoms with Gasteiger partial charge in [0, 0.05) is 24.7 Å². The van der Waals surface area contributed by atoms with Crippen LogP contribution < -0.4 is 0 Å². The van der Waals surface area contributed by atoms with Gasteiger partial charge in [-0.1, -0.05) is 0 Å². The van der Waals surface area contributed by atoms with Gasteiger partial charge in [-0.15, -0.1) is 0 Å². The molecular weight excluding hydrogens is 246 g/mol. The number of aryl methyl sites for hydroxylation is 2. The van der Waals surface area contributed by atoms with Crippen LogP contribution in [0.4, 0.5) is 0 Å². The van der Waals surface area contributed by atoms with Crippen molar-refractivity contribution in [2.75, 3.05) is 7.05 Å². The quantitative estimate of drug-likeness (QED) is 0.815. The van der Waals surface area contributed by atoms with Gasteiger partial charge in [-0.25, -0.2) is 0 Å². The Kier molecular flexibility index (Phi) is 4.69. The van der Waals surface area contributed by atoms with E-state index in [4.69, 9.17) is 5.11 Å². The second-order valence-corrected chi connectivity index (χ2v) is 5.36. The van der Waals surface area contributed by atoms with Gasteiger partial charge < -0.3 is 10.0 Å². The molecule has 0 aromatic carbocycles. The summed E-state index contributed by atoms with van der Waals surface area (Å²) in [6, 6.07) is 0. The molecule has 0 aliphatic carbocycles. The Hall–Kier alpha value is -1.85. The molecule has 0 aliphatic rings. The lowest BCUT2D eigenvalue weighted by atomic mass is 9.98. The number of hydrogen-bond acceptors (Lipinski definition) is 3. The van der Waals surface area contributed by atoms with Crippen LogP contribution in [0.3, 0.4) is 0 Å². The highest BCUT2D eigenvalue weighted by molar-refractivity contribution is 5.78. The molecule has 1 rings (SSSR count).